The molecule has 0 spiro atoms. The van der Waals surface area contributed by atoms with E-state index >= 15 is 0 Å². The summed E-state index contributed by atoms with van der Waals surface area (Å²) >= 11 is 3.45. The van der Waals surface area contributed by atoms with Crippen molar-refractivity contribution in [3.8, 4) is 0 Å². The molecule has 0 saturated heterocycles. The van der Waals surface area contributed by atoms with Crippen molar-refractivity contribution >= 4 is 21.8 Å². The molecule has 3 nitrogen and oxygen atoms in total. The van der Waals surface area contributed by atoms with Gasteiger partial charge in [-0.25, -0.2) is 0 Å². The van der Waals surface area contributed by atoms with Gasteiger partial charge < -0.3 is 4.90 Å². The number of unbranched alkanes of at least 4 members (excludes halogenated alkanes) is 1. The van der Waals surface area contributed by atoms with E-state index in [0.29, 0.717) is 19.0 Å². The van der Waals surface area contributed by atoms with Gasteiger partial charge in [-0.2, -0.15) is 0 Å². The molecule has 2 aromatic rings. The summed E-state index contributed by atoms with van der Waals surface area (Å²) in [4.78, 5) is 18.8. The molecular formula is C20H23BrN2O. The van der Waals surface area contributed by atoms with E-state index in [4.69, 9.17) is 0 Å². The first-order valence-electron chi connectivity index (χ1n) is 8.65. The second-order valence-corrected chi connectivity index (χ2v) is 7.36. The van der Waals surface area contributed by atoms with E-state index in [2.05, 4.69) is 50.1 Å². The normalized spacial score (nSPS) is 13.7. The van der Waals surface area contributed by atoms with E-state index in [-0.39, 0.29) is 5.91 Å². The summed E-state index contributed by atoms with van der Waals surface area (Å²) in [5.41, 5.74) is 2.45. The minimum atomic E-state index is 0.289. The molecular weight excluding hydrogens is 364 g/mol. The van der Waals surface area contributed by atoms with Crippen molar-refractivity contribution in [3.05, 3.63) is 64.4 Å². The molecule has 0 bridgehead atoms. The fraction of sp³-hybridized carbons (Fsp3) is 0.400. The molecule has 1 aliphatic rings. The Morgan fingerprint density at radius 1 is 1.12 bits per heavy atom. The zero-order valence-electron chi connectivity index (χ0n) is 13.8. The summed E-state index contributed by atoms with van der Waals surface area (Å²) in [6, 6.07) is 12.9. The standard InChI is InChI=1S/C20H23BrN2O/c21-18-9-7-16(8-10-18)4-1-2-6-20(24)23(19-11-12-19)15-17-5-3-13-22-14-17/h3,5,7-10,13-14,19H,1-2,4,6,11-12,15H2. The maximum Gasteiger partial charge on any atom is 0.223 e. The number of nitrogens with zero attached hydrogens (tertiary/aromatic N) is 2. The van der Waals surface area contributed by atoms with Crippen LogP contribution in [0.1, 0.15) is 43.2 Å². The molecule has 3 rings (SSSR count). The number of pyridine rings is 1. The molecule has 126 valence electrons. The summed E-state index contributed by atoms with van der Waals surface area (Å²) in [6.45, 7) is 0.698. The van der Waals surface area contributed by atoms with E-state index in [0.717, 1.165) is 42.1 Å². The first-order valence-corrected chi connectivity index (χ1v) is 9.44. The van der Waals surface area contributed by atoms with Crippen molar-refractivity contribution in [1.82, 2.24) is 9.88 Å². The summed E-state index contributed by atoms with van der Waals surface area (Å²) in [6.07, 6.45) is 9.60. The van der Waals surface area contributed by atoms with Gasteiger partial charge in [0.25, 0.3) is 0 Å². The van der Waals surface area contributed by atoms with E-state index in [1.807, 2.05) is 18.3 Å². The quantitative estimate of drug-likeness (QED) is 0.613. The Balaban J connectivity index is 1.45. The molecule has 1 fully saturated rings. The minimum absolute atomic E-state index is 0.289. The number of aromatic nitrogens is 1. The number of carbonyl (C=O) groups is 1. The van der Waals surface area contributed by atoms with Crippen LogP contribution in [0, 0.1) is 0 Å². The van der Waals surface area contributed by atoms with Gasteiger partial charge in [-0.3, -0.25) is 9.78 Å². The molecule has 4 heteroatoms. The van der Waals surface area contributed by atoms with Crippen molar-refractivity contribution in [3.63, 3.8) is 0 Å². The SMILES string of the molecule is O=C(CCCCc1ccc(Br)cc1)N(Cc1cccnc1)C1CC1. The maximum atomic E-state index is 12.6. The van der Waals surface area contributed by atoms with Crippen LogP contribution in [0.5, 0.6) is 0 Å². The second-order valence-electron chi connectivity index (χ2n) is 6.45. The van der Waals surface area contributed by atoms with Crippen LogP contribution in [0.2, 0.25) is 0 Å². The Labute approximate surface area is 152 Å². The molecule has 1 aliphatic carbocycles. The molecule has 0 unspecified atom stereocenters. The van der Waals surface area contributed by atoms with E-state index < -0.39 is 0 Å². The number of carbonyl (C=O) groups excluding carboxylic acids is 1. The summed E-state index contributed by atoms with van der Waals surface area (Å²) in [5.74, 6) is 0.289. The van der Waals surface area contributed by atoms with Crippen LogP contribution in [-0.4, -0.2) is 21.8 Å². The van der Waals surface area contributed by atoms with Crippen LogP contribution in [0.15, 0.2) is 53.3 Å². The lowest BCUT2D eigenvalue weighted by atomic mass is 10.1. The van der Waals surface area contributed by atoms with Gasteiger partial charge in [0.05, 0.1) is 0 Å². The molecule has 0 N–H and O–H groups in total. The van der Waals surface area contributed by atoms with E-state index in [9.17, 15) is 4.79 Å². The monoisotopic (exact) mass is 386 g/mol. The first-order chi connectivity index (χ1) is 11.7. The lowest BCUT2D eigenvalue weighted by Crippen LogP contribution is -2.32. The number of hydrogen-bond donors (Lipinski definition) is 0. The highest BCUT2D eigenvalue weighted by atomic mass is 79.9. The highest BCUT2D eigenvalue weighted by molar-refractivity contribution is 9.10. The van der Waals surface area contributed by atoms with E-state index in [1.54, 1.807) is 6.20 Å². The van der Waals surface area contributed by atoms with Crippen LogP contribution < -0.4 is 0 Å². The van der Waals surface area contributed by atoms with Crippen molar-refractivity contribution in [2.45, 2.75) is 51.1 Å². The number of benzene rings is 1. The minimum Gasteiger partial charge on any atom is -0.335 e. The van der Waals surface area contributed by atoms with Gasteiger partial charge >= 0.3 is 0 Å². The second kappa shape index (κ2) is 8.43. The average molecular weight is 387 g/mol. The molecule has 0 atom stereocenters. The Kier molecular flexibility index (Phi) is 6.02. The summed E-state index contributed by atoms with van der Waals surface area (Å²) in [5, 5.41) is 0. The Hall–Kier alpha value is -1.68. The van der Waals surface area contributed by atoms with Gasteiger partial charge in [-0.05, 0) is 61.4 Å². The smallest absolute Gasteiger partial charge is 0.223 e. The molecule has 1 amide bonds. The van der Waals surface area contributed by atoms with Crippen molar-refractivity contribution < 1.29 is 4.79 Å². The topological polar surface area (TPSA) is 33.2 Å². The number of aryl methyl sites for hydroxylation is 1. The average Bonchev–Trinajstić information content (AvgIpc) is 3.44. The number of hydrogen-bond acceptors (Lipinski definition) is 2. The van der Waals surface area contributed by atoms with Crippen LogP contribution >= 0.6 is 15.9 Å². The lowest BCUT2D eigenvalue weighted by molar-refractivity contribution is -0.132. The lowest BCUT2D eigenvalue weighted by Gasteiger charge is -2.22. The van der Waals surface area contributed by atoms with Crippen LogP contribution in [-0.2, 0) is 17.8 Å². The largest absolute Gasteiger partial charge is 0.335 e. The molecule has 1 aromatic heterocycles. The number of amides is 1. The predicted molar refractivity (Wildman–Crippen MR) is 99.5 cm³/mol. The number of halogens is 1. The fourth-order valence-electron chi connectivity index (χ4n) is 2.90. The third kappa shape index (κ3) is 5.17. The highest BCUT2D eigenvalue weighted by Gasteiger charge is 2.32. The molecule has 1 heterocycles. The van der Waals surface area contributed by atoms with Crippen molar-refractivity contribution in [2.24, 2.45) is 0 Å². The van der Waals surface area contributed by atoms with Crippen molar-refractivity contribution in [1.29, 1.82) is 0 Å². The number of rotatable bonds is 8. The van der Waals surface area contributed by atoms with Crippen LogP contribution in [0.25, 0.3) is 0 Å². The zero-order valence-corrected chi connectivity index (χ0v) is 15.4. The molecule has 24 heavy (non-hydrogen) atoms. The fourth-order valence-corrected chi connectivity index (χ4v) is 3.16. The Morgan fingerprint density at radius 3 is 2.58 bits per heavy atom. The molecule has 1 saturated carbocycles. The molecule has 1 aromatic carbocycles. The van der Waals surface area contributed by atoms with Gasteiger partial charge in [0, 0.05) is 35.9 Å². The predicted octanol–water partition coefficient (Wildman–Crippen LogP) is 4.75. The highest BCUT2D eigenvalue weighted by Crippen LogP contribution is 2.29. The van der Waals surface area contributed by atoms with E-state index in [1.165, 1.54) is 5.56 Å². The maximum absolute atomic E-state index is 12.6. The third-order valence-corrected chi connectivity index (χ3v) is 4.93. The Bertz CT molecular complexity index is 653. The molecule has 0 radical (unpaired) electrons. The van der Waals surface area contributed by atoms with Gasteiger partial charge in [0.1, 0.15) is 0 Å². The van der Waals surface area contributed by atoms with Crippen LogP contribution in [0.3, 0.4) is 0 Å². The van der Waals surface area contributed by atoms with Crippen molar-refractivity contribution in [2.75, 3.05) is 0 Å². The molecule has 0 aliphatic heterocycles. The van der Waals surface area contributed by atoms with Gasteiger partial charge in [0.2, 0.25) is 5.91 Å². The zero-order chi connectivity index (χ0) is 16.8. The van der Waals surface area contributed by atoms with Gasteiger partial charge in [0.15, 0.2) is 0 Å². The van der Waals surface area contributed by atoms with Crippen LogP contribution in [0.4, 0.5) is 0 Å². The van der Waals surface area contributed by atoms with Gasteiger partial charge in [-0.1, -0.05) is 34.1 Å². The third-order valence-electron chi connectivity index (χ3n) is 4.40. The first kappa shape index (κ1) is 17.2. The summed E-state index contributed by atoms with van der Waals surface area (Å²) in [7, 11) is 0. The summed E-state index contributed by atoms with van der Waals surface area (Å²) < 4.78 is 1.11. The van der Waals surface area contributed by atoms with Gasteiger partial charge in [-0.15, -0.1) is 0 Å². The Morgan fingerprint density at radius 2 is 1.92 bits per heavy atom.